The number of benzene rings is 1. The summed E-state index contributed by atoms with van der Waals surface area (Å²) in [5.41, 5.74) is 1.43. The van der Waals surface area contributed by atoms with Gasteiger partial charge in [-0.25, -0.2) is 9.37 Å². The fourth-order valence-corrected chi connectivity index (χ4v) is 4.92. The fourth-order valence-electron chi connectivity index (χ4n) is 4.20. The van der Waals surface area contributed by atoms with Gasteiger partial charge in [0.25, 0.3) is 5.91 Å². The second kappa shape index (κ2) is 10.8. The van der Waals surface area contributed by atoms with Crippen molar-refractivity contribution < 1.29 is 23.5 Å². The quantitative estimate of drug-likeness (QED) is 0.422. The number of carbonyl (C=O) groups is 3. The minimum absolute atomic E-state index is 0.0809. The van der Waals surface area contributed by atoms with Gasteiger partial charge in [-0.3, -0.25) is 14.4 Å². The highest BCUT2D eigenvalue weighted by Gasteiger charge is 2.31. The highest BCUT2D eigenvalue weighted by atomic mass is 32.1. The minimum atomic E-state index is -0.685. The normalized spacial score (nSPS) is 18.4. The molecule has 0 spiro atoms. The predicted molar refractivity (Wildman–Crippen MR) is 136 cm³/mol. The van der Waals surface area contributed by atoms with E-state index in [-0.39, 0.29) is 29.3 Å². The van der Waals surface area contributed by atoms with Crippen LogP contribution >= 0.6 is 11.5 Å². The van der Waals surface area contributed by atoms with Gasteiger partial charge in [0.2, 0.25) is 5.91 Å². The van der Waals surface area contributed by atoms with Gasteiger partial charge in [-0.15, -0.1) is 0 Å². The number of amides is 2. The highest BCUT2D eigenvalue weighted by molar-refractivity contribution is 7.06. The number of aromatic nitrogens is 2. The molecule has 5 rings (SSSR count). The molecule has 2 aliphatic rings. The molecule has 0 unspecified atom stereocenters. The van der Waals surface area contributed by atoms with Crippen LogP contribution in [0.1, 0.15) is 70.9 Å². The average molecular weight is 523 g/mol. The first-order chi connectivity index (χ1) is 17.9. The summed E-state index contributed by atoms with van der Waals surface area (Å²) in [6, 6.07) is 8.88. The number of nitrogens with one attached hydrogen (secondary N) is 2. The highest BCUT2D eigenvalue weighted by Crippen LogP contribution is 2.33. The van der Waals surface area contributed by atoms with Gasteiger partial charge >= 0.3 is 0 Å². The van der Waals surface area contributed by atoms with Crippen molar-refractivity contribution in [2.75, 3.05) is 6.54 Å². The second-order valence-corrected chi connectivity index (χ2v) is 10.2. The molecule has 37 heavy (non-hydrogen) atoms. The van der Waals surface area contributed by atoms with E-state index in [1.807, 2.05) is 13.0 Å². The van der Waals surface area contributed by atoms with Crippen LogP contribution in [0.2, 0.25) is 0 Å². The SMILES string of the molecule is C[C@@H](Oc1ccc(C(=O)C2CC2)nc1)c1cc(-c2ccc(C(=O)N[C@H]3CCCCNC3=O)c(F)c2)ns1. The standard InChI is InChI=1S/C27H27FN4O4S/c1-15(36-18-8-10-21(30-14-18)25(33)16-5-6-16)24-13-23(32-37-24)17-7-9-19(20(28)12-17)26(34)31-22-4-2-3-11-29-27(22)35/h7-10,12-16,22H,2-6,11H2,1H3,(H,29,35)(H,31,34)/t15-,22+/m1/s1. The molecule has 10 heteroatoms. The van der Waals surface area contributed by atoms with E-state index in [0.29, 0.717) is 35.7 Å². The topological polar surface area (TPSA) is 110 Å². The molecular formula is C27H27FN4O4S. The Morgan fingerprint density at radius 1 is 1.16 bits per heavy atom. The van der Waals surface area contributed by atoms with Gasteiger partial charge in [-0.05, 0) is 80.9 Å². The molecule has 3 aromatic rings. The summed E-state index contributed by atoms with van der Waals surface area (Å²) in [4.78, 5) is 41.9. The van der Waals surface area contributed by atoms with Crippen molar-refractivity contribution in [1.82, 2.24) is 20.0 Å². The molecule has 2 amide bonds. The molecule has 1 aliphatic carbocycles. The van der Waals surface area contributed by atoms with Gasteiger partial charge in [-0.1, -0.05) is 6.07 Å². The molecule has 0 radical (unpaired) electrons. The Morgan fingerprint density at radius 2 is 2.00 bits per heavy atom. The zero-order valence-corrected chi connectivity index (χ0v) is 21.1. The molecule has 3 heterocycles. The smallest absolute Gasteiger partial charge is 0.254 e. The number of ether oxygens (including phenoxy) is 1. The van der Waals surface area contributed by atoms with Gasteiger partial charge in [0.15, 0.2) is 5.78 Å². The minimum Gasteiger partial charge on any atom is -0.484 e. The number of halogens is 1. The molecule has 192 valence electrons. The summed E-state index contributed by atoms with van der Waals surface area (Å²) in [6.45, 7) is 2.45. The van der Waals surface area contributed by atoms with Crippen LogP contribution in [0.4, 0.5) is 4.39 Å². The molecular weight excluding hydrogens is 495 g/mol. The van der Waals surface area contributed by atoms with E-state index in [1.165, 1.54) is 23.7 Å². The van der Waals surface area contributed by atoms with E-state index in [2.05, 4.69) is 20.0 Å². The number of pyridine rings is 1. The summed E-state index contributed by atoms with van der Waals surface area (Å²) in [7, 11) is 0. The van der Waals surface area contributed by atoms with Crippen molar-refractivity contribution in [3.05, 3.63) is 64.5 Å². The first-order valence-corrected chi connectivity index (χ1v) is 13.2. The molecule has 1 aromatic carbocycles. The van der Waals surface area contributed by atoms with Crippen LogP contribution in [-0.4, -0.2) is 39.5 Å². The number of rotatable bonds is 8. The predicted octanol–water partition coefficient (Wildman–Crippen LogP) is 4.48. The van der Waals surface area contributed by atoms with Crippen LogP contribution < -0.4 is 15.4 Å². The molecule has 2 aromatic heterocycles. The lowest BCUT2D eigenvalue weighted by Gasteiger charge is -2.15. The van der Waals surface area contributed by atoms with Crippen LogP contribution in [0.25, 0.3) is 11.3 Å². The Morgan fingerprint density at radius 3 is 2.73 bits per heavy atom. The van der Waals surface area contributed by atoms with Gasteiger partial charge in [-0.2, -0.15) is 4.37 Å². The first kappa shape index (κ1) is 25.0. The van der Waals surface area contributed by atoms with E-state index < -0.39 is 17.8 Å². The number of ketones is 1. The number of nitrogens with zero attached hydrogens (tertiary/aromatic N) is 2. The van der Waals surface area contributed by atoms with E-state index in [0.717, 1.165) is 30.6 Å². The lowest BCUT2D eigenvalue weighted by Crippen LogP contribution is -2.45. The third-order valence-electron chi connectivity index (χ3n) is 6.53. The monoisotopic (exact) mass is 522 g/mol. The maximum Gasteiger partial charge on any atom is 0.254 e. The Balaban J connectivity index is 1.23. The van der Waals surface area contributed by atoms with E-state index in [1.54, 1.807) is 24.4 Å². The maximum absolute atomic E-state index is 14.9. The van der Waals surface area contributed by atoms with Crippen LogP contribution in [0, 0.1) is 11.7 Å². The van der Waals surface area contributed by atoms with Gasteiger partial charge < -0.3 is 15.4 Å². The van der Waals surface area contributed by atoms with E-state index in [9.17, 15) is 18.8 Å². The molecule has 2 N–H and O–H groups in total. The van der Waals surface area contributed by atoms with E-state index >= 15 is 0 Å². The third-order valence-corrected chi connectivity index (χ3v) is 7.48. The van der Waals surface area contributed by atoms with Crippen LogP contribution in [0.15, 0.2) is 42.6 Å². The molecule has 1 aliphatic heterocycles. The third kappa shape index (κ3) is 5.85. The summed E-state index contributed by atoms with van der Waals surface area (Å²) < 4.78 is 25.3. The summed E-state index contributed by atoms with van der Waals surface area (Å²) in [5, 5.41) is 5.39. The van der Waals surface area contributed by atoms with Crippen molar-refractivity contribution in [2.45, 2.75) is 51.2 Å². The summed E-state index contributed by atoms with van der Waals surface area (Å²) in [5.74, 6) is -0.811. The van der Waals surface area contributed by atoms with Crippen molar-refractivity contribution in [3.63, 3.8) is 0 Å². The number of hydrogen-bond acceptors (Lipinski definition) is 7. The summed E-state index contributed by atoms with van der Waals surface area (Å²) >= 11 is 1.24. The fraction of sp³-hybridized carbons (Fsp3) is 0.370. The lowest BCUT2D eigenvalue weighted by molar-refractivity contribution is -0.122. The van der Waals surface area contributed by atoms with Crippen LogP contribution in [0.3, 0.4) is 0 Å². The van der Waals surface area contributed by atoms with Crippen LogP contribution in [-0.2, 0) is 4.79 Å². The zero-order valence-electron chi connectivity index (χ0n) is 20.3. The molecule has 0 bridgehead atoms. The maximum atomic E-state index is 14.9. The molecule has 1 saturated heterocycles. The molecule has 2 atom stereocenters. The number of carbonyl (C=O) groups excluding carboxylic acids is 3. The van der Waals surface area contributed by atoms with E-state index in [4.69, 9.17) is 4.74 Å². The lowest BCUT2D eigenvalue weighted by atomic mass is 10.1. The first-order valence-electron chi connectivity index (χ1n) is 12.4. The Labute approximate surface area is 217 Å². The molecule has 1 saturated carbocycles. The Hall–Kier alpha value is -3.66. The largest absolute Gasteiger partial charge is 0.484 e. The summed E-state index contributed by atoms with van der Waals surface area (Å²) in [6.07, 6.45) is 5.26. The number of Topliss-reactive ketones (excluding diaryl/α,β-unsaturated/α-hetero) is 1. The average Bonchev–Trinajstić information content (AvgIpc) is 3.66. The Kier molecular flexibility index (Phi) is 7.27. The van der Waals surface area contributed by atoms with Crippen molar-refractivity contribution in [3.8, 4) is 17.0 Å². The Bertz CT molecular complexity index is 1320. The number of hydrogen-bond donors (Lipinski definition) is 2. The van der Waals surface area contributed by atoms with Gasteiger partial charge in [0.05, 0.1) is 22.3 Å². The molecule has 8 nitrogen and oxygen atoms in total. The van der Waals surface area contributed by atoms with Gasteiger partial charge in [0.1, 0.15) is 29.4 Å². The molecule has 2 fully saturated rings. The second-order valence-electron chi connectivity index (χ2n) is 9.40. The van der Waals surface area contributed by atoms with Crippen molar-refractivity contribution >= 4 is 29.1 Å². The van der Waals surface area contributed by atoms with Gasteiger partial charge in [0, 0.05) is 18.0 Å². The van der Waals surface area contributed by atoms with Crippen molar-refractivity contribution in [2.24, 2.45) is 5.92 Å². The zero-order chi connectivity index (χ0) is 25.9. The van der Waals surface area contributed by atoms with Crippen molar-refractivity contribution in [1.29, 1.82) is 0 Å². The van der Waals surface area contributed by atoms with Crippen LogP contribution in [0.5, 0.6) is 5.75 Å².